The van der Waals surface area contributed by atoms with E-state index in [-0.39, 0.29) is 5.91 Å². The van der Waals surface area contributed by atoms with Crippen molar-refractivity contribution in [3.63, 3.8) is 0 Å². The molecule has 94 valence electrons. The number of ether oxygens (including phenoxy) is 1. The normalized spacial score (nSPS) is 19.1. The van der Waals surface area contributed by atoms with Crippen LogP contribution in [-0.4, -0.2) is 48.6 Å². The zero-order valence-electron chi connectivity index (χ0n) is 10.1. The number of nitriles is 1. The number of hydrogen-bond donors (Lipinski definition) is 1. The number of rotatable bonds is 2. The largest absolute Gasteiger partial charge is 0.387 e. The molecular formula is C12H14N4O2. The minimum atomic E-state index is -0.544. The summed E-state index contributed by atoms with van der Waals surface area (Å²) in [5.41, 5.74) is 1.24. The van der Waals surface area contributed by atoms with Gasteiger partial charge in [0.1, 0.15) is 0 Å². The van der Waals surface area contributed by atoms with Crippen molar-refractivity contribution in [1.82, 2.24) is 9.88 Å². The second-order valence-corrected chi connectivity index (χ2v) is 3.91. The monoisotopic (exact) mass is 246 g/mol. The molecule has 2 heterocycles. The van der Waals surface area contributed by atoms with Gasteiger partial charge >= 0.3 is 0 Å². The fourth-order valence-corrected chi connectivity index (χ4v) is 1.87. The van der Waals surface area contributed by atoms with Gasteiger partial charge in [-0.15, -0.1) is 0 Å². The smallest absolute Gasteiger partial charge is 0.257 e. The van der Waals surface area contributed by atoms with Crippen LogP contribution in [0.15, 0.2) is 18.5 Å². The number of pyridine rings is 1. The molecule has 0 bridgehead atoms. The molecule has 0 aliphatic carbocycles. The van der Waals surface area contributed by atoms with Crippen LogP contribution < -0.4 is 5.32 Å². The van der Waals surface area contributed by atoms with E-state index in [4.69, 9.17) is 10.00 Å². The molecule has 1 aliphatic heterocycles. The topological polar surface area (TPSA) is 78.2 Å². The Kier molecular flexibility index (Phi) is 3.75. The fourth-order valence-electron chi connectivity index (χ4n) is 1.87. The first-order valence-electron chi connectivity index (χ1n) is 5.68. The van der Waals surface area contributed by atoms with Crippen LogP contribution in [0.3, 0.4) is 0 Å². The van der Waals surface area contributed by atoms with E-state index in [9.17, 15) is 4.79 Å². The van der Waals surface area contributed by atoms with E-state index in [1.807, 2.05) is 6.07 Å². The molecule has 1 atom stereocenters. The van der Waals surface area contributed by atoms with E-state index >= 15 is 0 Å². The Morgan fingerprint density at radius 2 is 2.56 bits per heavy atom. The SMILES string of the molecule is CNc1ccncc1C(=O)N1CCOC(C#N)C1. The van der Waals surface area contributed by atoms with E-state index in [0.29, 0.717) is 25.3 Å². The molecule has 0 saturated carbocycles. The highest BCUT2D eigenvalue weighted by Gasteiger charge is 2.26. The minimum Gasteiger partial charge on any atom is -0.387 e. The number of anilines is 1. The second-order valence-electron chi connectivity index (χ2n) is 3.91. The van der Waals surface area contributed by atoms with Crippen LogP contribution in [0.25, 0.3) is 0 Å². The van der Waals surface area contributed by atoms with Gasteiger partial charge in [-0.2, -0.15) is 5.26 Å². The molecule has 1 unspecified atom stereocenters. The van der Waals surface area contributed by atoms with E-state index in [1.165, 1.54) is 6.20 Å². The van der Waals surface area contributed by atoms with Crippen molar-refractivity contribution in [2.24, 2.45) is 0 Å². The van der Waals surface area contributed by atoms with Crippen LogP contribution in [0.5, 0.6) is 0 Å². The quantitative estimate of drug-likeness (QED) is 0.821. The van der Waals surface area contributed by atoms with E-state index < -0.39 is 6.10 Å². The molecule has 18 heavy (non-hydrogen) atoms. The maximum absolute atomic E-state index is 12.3. The van der Waals surface area contributed by atoms with Gasteiger partial charge < -0.3 is 15.0 Å². The molecule has 1 saturated heterocycles. The van der Waals surface area contributed by atoms with Gasteiger partial charge in [0.15, 0.2) is 6.10 Å². The standard InChI is InChI=1S/C12H14N4O2/c1-14-11-2-3-15-7-10(11)12(17)16-4-5-18-9(6-13)8-16/h2-3,7,9H,4-5,8H2,1H3,(H,14,15). The summed E-state index contributed by atoms with van der Waals surface area (Å²) in [5, 5.41) is 11.8. The van der Waals surface area contributed by atoms with E-state index in [2.05, 4.69) is 10.3 Å². The number of hydrogen-bond acceptors (Lipinski definition) is 5. The molecule has 0 radical (unpaired) electrons. The third kappa shape index (κ3) is 2.41. The highest BCUT2D eigenvalue weighted by Crippen LogP contribution is 2.17. The number of carbonyl (C=O) groups excluding carboxylic acids is 1. The predicted molar refractivity (Wildman–Crippen MR) is 65.0 cm³/mol. The summed E-state index contributed by atoms with van der Waals surface area (Å²) in [6, 6.07) is 3.77. The molecule has 1 aromatic heterocycles. The van der Waals surface area contributed by atoms with Crippen molar-refractivity contribution in [2.45, 2.75) is 6.10 Å². The molecule has 1 aliphatic rings. The van der Waals surface area contributed by atoms with Gasteiger partial charge in [-0.05, 0) is 6.07 Å². The van der Waals surface area contributed by atoms with Crippen molar-refractivity contribution < 1.29 is 9.53 Å². The van der Waals surface area contributed by atoms with Crippen molar-refractivity contribution in [3.05, 3.63) is 24.0 Å². The van der Waals surface area contributed by atoms with Crippen LogP contribution in [0, 0.1) is 11.3 Å². The predicted octanol–water partition coefficient (Wildman–Crippen LogP) is 0.488. The van der Waals surface area contributed by atoms with Gasteiger partial charge in [-0.1, -0.05) is 0 Å². The molecule has 6 heteroatoms. The van der Waals surface area contributed by atoms with Gasteiger partial charge in [0, 0.05) is 31.7 Å². The molecule has 1 amide bonds. The van der Waals surface area contributed by atoms with E-state index in [0.717, 1.165) is 5.69 Å². The first-order chi connectivity index (χ1) is 8.76. The zero-order valence-corrected chi connectivity index (χ0v) is 10.1. The summed E-state index contributed by atoms with van der Waals surface area (Å²) < 4.78 is 5.21. The van der Waals surface area contributed by atoms with Gasteiger partial charge in [-0.3, -0.25) is 9.78 Å². The number of carbonyl (C=O) groups is 1. The number of nitrogens with zero attached hydrogens (tertiary/aromatic N) is 3. The summed E-state index contributed by atoms with van der Waals surface area (Å²) in [6.45, 7) is 1.18. The van der Waals surface area contributed by atoms with Crippen molar-refractivity contribution >= 4 is 11.6 Å². The average Bonchev–Trinajstić information content (AvgIpc) is 2.46. The van der Waals surface area contributed by atoms with Crippen LogP contribution in [0.4, 0.5) is 5.69 Å². The lowest BCUT2D eigenvalue weighted by molar-refractivity contribution is 0.00349. The van der Waals surface area contributed by atoms with Gasteiger partial charge in [-0.25, -0.2) is 0 Å². The first-order valence-corrected chi connectivity index (χ1v) is 5.68. The van der Waals surface area contributed by atoms with Crippen molar-refractivity contribution in [1.29, 1.82) is 5.26 Å². The third-order valence-corrected chi connectivity index (χ3v) is 2.82. The number of nitrogens with one attached hydrogen (secondary N) is 1. The maximum atomic E-state index is 12.3. The Hall–Kier alpha value is -2.13. The first kappa shape index (κ1) is 12.3. The molecule has 0 spiro atoms. The molecule has 1 fully saturated rings. The molecule has 0 aromatic carbocycles. The Balaban J connectivity index is 2.18. The molecule has 6 nitrogen and oxygen atoms in total. The highest BCUT2D eigenvalue weighted by atomic mass is 16.5. The van der Waals surface area contributed by atoms with Crippen LogP contribution >= 0.6 is 0 Å². The average molecular weight is 246 g/mol. The maximum Gasteiger partial charge on any atom is 0.257 e. The van der Waals surface area contributed by atoms with Crippen LogP contribution in [0.2, 0.25) is 0 Å². The van der Waals surface area contributed by atoms with Crippen LogP contribution in [0.1, 0.15) is 10.4 Å². The molecule has 1 aromatic rings. The number of amides is 1. The Morgan fingerprint density at radius 3 is 3.28 bits per heavy atom. The lowest BCUT2D eigenvalue weighted by Gasteiger charge is -2.30. The summed E-state index contributed by atoms with van der Waals surface area (Å²) in [6.07, 6.45) is 2.61. The third-order valence-electron chi connectivity index (χ3n) is 2.82. The minimum absolute atomic E-state index is 0.129. The van der Waals surface area contributed by atoms with Crippen molar-refractivity contribution in [3.8, 4) is 6.07 Å². The Morgan fingerprint density at radius 1 is 1.72 bits per heavy atom. The number of morpholine rings is 1. The summed E-state index contributed by atoms with van der Waals surface area (Å²) >= 11 is 0. The zero-order chi connectivity index (χ0) is 13.0. The molecule has 2 rings (SSSR count). The van der Waals surface area contributed by atoms with E-state index in [1.54, 1.807) is 24.2 Å². The van der Waals surface area contributed by atoms with Gasteiger partial charge in [0.25, 0.3) is 5.91 Å². The van der Waals surface area contributed by atoms with Crippen LogP contribution in [-0.2, 0) is 4.74 Å². The lowest BCUT2D eigenvalue weighted by Crippen LogP contribution is -2.45. The Bertz CT molecular complexity index is 483. The summed E-state index contributed by atoms with van der Waals surface area (Å²) in [5.74, 6) is -0.129. The molecular weight excluding hydrogens is 232 g/mol. The lowest BCUT2D eigenvalue weighted by atomic mass is 10.2. The summed E-state index contributed by atoms with van der Waals surface area (Å²) in [7, 11) is 1.75. The summed E-state index contributed by atoms with van der Waals surface area (Å²) in [4.78, 5) is 17.9. The fraction of sp³-hybridized carbons (Fsp3) is 0.417. The number of aromatic nitrogens is 1. The highest BCUT2D eigenvalue weighted by molar-refractivity contribution is 5.99. The Labute approximate surface area is 105 Å². The second kappa shape index (κ2) is 5.47. The van der Waals surface area contributed by atoms with Gasteiger partial charge in [0.05, 0.1) is 24.8 Å². The van der Waals surface area contributed by atoms with Crippen molar-refractivity contribution in [2.75, 3.05) is 32.1 Å². The van der Waals surface area contributed by atoms with Gasteiger partial charge in [0.2, 0.25) is 0 Å². The molecule has 1 N–H and O–H groups in total.